The summed E-state index contributed by atoms with van der Waals surface area (Å²) in [6, 6.07) is 12.1. The molecule has 0 saturated carbocycles. The summed E-state index contributed by atoms with van der Waals surface area (Å²) < 4.78 is 5.63. The number of piperazine rings is 1. The first kappa shape index (κ1) is 16.9. The van der Waals surface area contributed by atoms with Crippen molar-refractivity contribution in [2.75, 3.05) is 31.1 Å². The van der Waals surface area contributed by atoms with Crippen LogP contribution in [-0.2, 0) is 0 Å². The van der Waals surface area contributed by atoms with Gasteiger partial charge in [-0.05, 0) is 43.3 Å². The minimum Gasteiger partial charge on any atom is -0.508 e. The maximum absolute atomic E-state index is 12.4. The lowest BCUT2D eigenvalue weighted by Crippen LogP contribution is -2.54. The highest BCUT2D eigenvalue weighted by molar-refractivity contribution is 5.74. The molecule has 1 fully saturated rings. The van der Waals surface area contributed by atoms with E-state index in [0.717, 1.165) is 18.9 Å². The number of carbonyl (C=O) groups excluding carboxylic acids is 1. The van der Waals surface area contributed by atoms with Gasteiger partial charge in [0, 0.05) is 32.4 Å². The lowest BCUT2D eigenvalue weighted by Gasteiger charge is -2.35. The number of nitrogens with zero attached hydrogens (tertiary/aromatic N) is 3. The van der Waals surface area contributed by atoms with E-state index in [0.29, 0.717) is 18.8 Å². The first-order valence-corrected chi connectivity index (χ1v) is 8.29. The monoisotopic (exact) mass is 342 g/mol. The number of phenolic OH excluding ortho intramolecular Hbond substituents is 1. The van der Waals surface area contributed by atoms with Crippen molar-refractivity contribution in [1.29, 1.82) is 0 Å². The molecule has 2 heterocycles. The number of rotatable bonds is 4. The molecule has 0 radical (unpaired) electrons. The summed E-state index contributed by atoms with van der Waals surface area (Å²) >= 11 is 0. The fraction of sp³-hybridized carbons (Fsp3) is 0.333. The zero-order chi connectivity index (χ0) is 17.6. The zero-order valence-corrected chi connectivity index (χ0v) is 14.1. The van der Waals surface area contributed by atoms with E-state index < -0.39 is 6.23 Å². The van der Waals surface area contributed by atoms with E-state index in [9.17, 15) is 9.90 Å². The molecule has 1 atom stereocenters. The van der Waals surface area contributed by atoms with Gasteiger partial charge in [-0.15, -0.1) is 0 Å². The van der Waals surface area contributed by atoms with Crippen LogP contribution in [0, 0.1) is 0 Å². The Labute approximate surface area is 146 Å². The molecule has 0 aliphatic carbocycles. The molecule has 1 aliphatic rings. The zero-order valence-electron chi connectivity index (χ0n) is 14.1. The number of urea groups is 1. The molecular weight excluding hydrogens is 320 g/mol. The van der Waals surface area contributed by atoms with Crippen molar-refractivity contribution in [3.05, 3.63) is 48.7 Å². The van der Waals surface area contributed by atoms with Crippen molar-refractivity contribution in [1.82, 2.24) is 15.2 Å². The highest BCUT2D eigenvalue weighted by atomic mass is 16.5. The van der Waals surface area contributed by atoms with Crippen LogP contribution in [0.3, 0.4) is 0 Å². The Bertz CT molecular complexity index is 685. The van der Waals surface area contributed by atoms with Crippen molar-refractivity contribution in [3.63, 3.8) is 0 Å². The van der Waals surface area contributed by atoms with E-state index in [2.05, 4.69) is 15.2 Å². The van der Waals surface area contributed by atoms with E-state index in [1.807, 2.05) is 18.2 Å². The highest BCUT2D eigenvalue weighted by Gasteiger charge is 2.22. The number of hydrogen-bond donors (Lipinski definition) is 2. The Kier molecular flexibility index (Phi) is 5.23. The Morgan fingerprint density at radius 2 is 1.88 bits per heavy atom. The molecule has 1 aromatic heterocycles. The second kappa shape index (κ2) is 7.74. The van der Waals surface area contributed by atoms with Gasteiger partial charge >= 0.3 is 6.03 Å². The molecule has 1 saturated heterocycles. The van der Waals surface area contributed by atoms with Crippen LogP contribution in [0.2, 0.25) is 0 Å². The van der Waals surface area contributed by atoms with E-state index in [1.165, 1.54) is 0 Å². The maximum Gasteiger partial charge on any atom is 0.320 e. The Morgan fingerprint density at radius 1 is 1.16 bits per heavy atom. The first-order valence-electron chi connectivity index (χ1n) is 8.29. The number of anilines is 1. The predicted molar refractivity (Wildman–Crippen MR) is 94.8 cm³/mol. The fourth-order valence-electron chi connectivity index (χ4n) is 2.70. The van der Waals surface area contributed by atoms with Gasteiger partial charge in [0.2, 0.25) is 0 Å². The number of pyridine rings is 1. The summed E-state index contributed by atoms with van der Waals surface area (Å²) in [6.07, 6.45) is 1.31. The third-order valence-corrected chi connectivity index (χ3v) is 4.02. The maximum atomic E-state index is 12.4. The van der Waals surface area contributed by atoms with Gasteiger partial charge in [-0.1, -0.05) is 6.07 Å². The molecule has 2 amide bonds. The van der Waals surface area contributed by atoms with Crippen molar-refractivity contribution in [2.24, 2.45) is 0 Å². The minimum absolute atomic E-state index is 0.146. The minimum atomic E-state index is -0.467. The molecule has 132 valence electrons. The van der Waals surface area contributed by atoms with Gasteiger partial charge in [-0.2, -0.15) is 0 Å². The molecule has 7 heteroatoms. The number of hydrogen-bond acceptors (Lipinski definition) is 5. The van der Waals surface area contributed by atoms with Gasteiger partial charge in [0.15, 0.2) is 6.23 Å². The first-order chi connectivity index (χ1) is 12.1. The summed E-state index contributed by atoms with van der Waals surface area (Å²) in [4.78, 5) is 20.6. The number of benzene rings is 1. The van der Waals surface area contributed by atoms with Gasteiger partial charge in [-0.25, -0.2) is 9.78 Å². The summed E-state index contributed by atoms with van der Waals surface area (Å²) in [5.74, 6) is 1.70. The van der Waals surface area contributed by atoms with Crippen LogP contribution >= 0.6 is 0 Å². The van der Waals surface area contributed by atoms with Crippen LogP contribution in [0.25, 0.3) is 0 Å². The highest BCUT2D eigenvalue weighted by Crippen LogP contribution is 2.17. The molecule has 3 rings (SSSR count). The molecule has 1 unspecified atom stereocenters. The average molecular weight is 342 g/mol. The van der Waals surface area contributed by atoms with Crippen molar-refractivity contribution in [2.45, 2.75) is 13.2 Å². The van der Waals surface area contributed by atoms with Gasteiger partial charge in [0.05, 0.1) is 0 Å². The molecule has 0 spiro atoms. The molecule has 2 aromatic rings. The standard InChI is InChI=1S/C18H22N4O3/c1-14(25-16-7-5-15(23)6-8-16)20-18(24)22-12-10-21(11-13-22)17-4-2-3-9-19-17/h2-9,14,23H,10-13H2,1H3,(H,20,24). The fourth-order valence-corrected chi connectivity index (χ4v) is 2.70. The van der Waals surface area contributed by atoms with E-state index in [4.69, 9.17) is 4.74 Å². The Hall–Kier alpha value is -2.96. The van der Waals surface area contributed by atoms with Gasteiger partial charge in [0.1, 0.15) is 17.3 Å². The number of ether oxygens (including phenoxy) is 1. The van der Waals surface area contributed by atoms with Gasteiger partial charge in [-0.3, -0.25) is 0 Å². The Morgan fingerprint density at radius 3 is 2.52 bits per heavy atom. The second-order valence-corrected chi connectivity index (χ2v) is 5.87. The lowest BCUT2D eigenvalue weighted by molar-refractivity contribution is 0.151. The summed E-state index contributed by atoms with van der Waals surface area (Å²) in [7, 11) is 0. The Balaban J connectivity index is 1.46. The largest absolute Gasteiger partial charge is 0.508 e. The summed E-state index contributed by atoms with van der Waals surface area (Å²) in [5.41, 5.74) is 0. The average Bonchev–Trinajstić information content (AvgIpc) is 2.64. The number of amides is 2. The topological polar surface area (TPSA) is 77.9 Å². The smallest absolute Gasteiger partial charge is 0.320 e. The van der Waals surface area contributed by atoms with Crippen LogP contribution in [-0.4, -0.2) is 53.4 Å². The van der Waals surface area contributed by atoms with E-state index >= 15 is 0 Å². The summed E-state index contributed by atoms with van der Waals surface area (Å²) in [5, 5.41) is 12.1. The predicted octanol–water partition coefficient (Wildman–Crippen LogP) is 2.04. The number of aromatic hydroxyl groups is 1. The summed E-state index contributed by atoms with van der Waals surface area (Å²) in [6.45, 7) is 4.53. The van der Waals surface area contributed by atoms with Crippen LogP contribution in [0.4, 0.5) is 10.6 Å². The van der Waals surface area contributed by atoms with Crippen LogP contribution in [0.5, 0.6) is 11.5 Å². The number of nitrogens with one attached hydrogen (secondary N) is 1. The molecule has 25 heavy (non-hydrogen) atoms. The van der Waals surface area contributed by atoms with E-state index in [-0.39, 0.29) is 11.8 Å². The molecule has 2 N–H and O–H groups in total. The molecular formula is C18H22N4O3. The quantitative estimate of drug-likeness (QED) is 0.832. The molecule has 7 nitrogen and oxygen atoms in total. The molecule has 1 aromatic carbocycles. The lowest BCUT2D eigenvalue weighted by atomic mass is 10.3. The number of aromatic nitrogens is 1. The second-order valence-electron chi connectivity index (χ2n) is 5.87. The molecule has 0 bridgehead atoms. The van der Waals surface area contributed by atoms with Gasteiger partial charge in [0.25, 0.3) is 0 Å². The number of carbonyl (C=O) groups is 1. The van der Waals surface area contributed by atoms with Gasteiger partial charge < -0.3 is 25.0 Å². The van der Waals surface area contributed by atoms with Crippen LogP contribution in [0.1, 0.15) is 6.92 Å². The van der Waals surface area contributed by atoms with E-state index in [1.54, 1.807) is 42.3 Å². The van der Waals surface area contributed by atoms with Crippen molar-refractivity contribution < 1.29 is 14.6 Å². The third kappa shape index (κ3) is 4.53. The molecule has 1 aliphatic heterocycles. The van der Waals surface area contributed by atoms with Crippen molar-refractivity contribution in [3.8, 4) is 11.5 Å². The van der Waals surface area contributed by atoms with Crippen molar-refractivity contribution >= 4 is 11.8 Å². The van der Waals surface area contributed by atoms with Crippen LogP contribution < -0.4 is 15.0 Å². The third-order valence-electron chi connectivity index (χ3n) is 4.02. The van der Waals surface area contributed by atoms with Crippen LogP contribution in [0.15, 0.2) is 48.7 Å². The SMILES string of the molecule is CC(NC(=O)N1CCN(c2ccccn2)CC1)Oc1ccc(O)cc1. The number of phenols is 1. The normalized spacial score (nSPS) is 15.6.